The Balaban J connectivity index is 1.96. The van der Waals surface area contributed by atoms with Crippen molar-refractivity contribution in [3.63, 3.8) is 0 Å². The van der Waals surface area contributed by atoms with Crippen LogP contribution in [0.4, 0.5) is 5.95 Å². The molecule has 0 aliphatic rings. The van der Waals surface area contributed by atoms with E-state index in [1.165, 1.54) is 6.21 Å². The van der Waals surface area contributed by atoms with Crippen LogP contribution in [0.25, 0.3) is 11.3 Å². The number of halogens is 3. The molecule has 28 heavy (non-hydrogen) atoms. The van der Waals surface area contributed by atoms with Crippen molar-refractivity contribution in [2.45, 2.75) is 0 Å². The van der Waals surface area contributed by atoms with E-state index in [0.717, 1.165) is 0 Å². The summed E-state index contributed by atoms with van der Waals surface area (Å²) in [6, 6.07) is 12.5. The number of aromatic amines is 1. The Hall–Kier alpha value is -2.48. The predicted molar refractivity (Wildman–Crippen MR) is 117 cm³/mol. The van der Waals surface area contributed by atoms with Crippen molar-refractivity contribution in [3.8, 4) is 23.1 Å². The molecular formula is C18H10Br3N5O2. The van der Waals surface area contributed by atoms with Crippen LogP contribution >= 0.6 is 47.8 Å². The number of H-pyrrole nitrogens is 1. The van der Waals surface area contributed by atoms with Crippen molar-refractivity contribution >= 4 is 60.0 Å². The van der Waals surface area contributed by atoms with Gasteiger partial charge in [0.05, 0.1) is 20.9 Å². The zero-order chi connectivity index (χ0) is 20.3. The van der Waals surface area contributed by atoms with Gasteiger partial charge in [-0.2, -0.15) is 10.4 Å². The first-order valence-corrected chi connectivity index (χ1v) is 10.1. The maximum absolute atomic E-state index is 12.2. The molecule has 0 bridgehead atoms. The second-order valence-corrected chi connectivity index (χ2v) is 7.90. The molecule has 0 atom stereocenters. The number of nitrogens with one attached hydrogen (secondary N) is 2. The fourth-order valence-corrected chi connectivity index (χ4v) is 4.63. The Morgan fingerprint density at radius 1 is 1.21 bits per heavy atom. The Morgan fingerprint density at radius 2 is 1.93 bits per heavy atom. The van der Waals surface area contributed by atoms with E-state index in [0.29, 0.717) is 24.5 Å². The lowest BCUT2D eigenvalue weighted by Gasteiger charge is -2.08. The number of nitrogens with zero attached hydrogens (tertiary/aromatic N) is 3. The summed E-state index contributed by atoms with van der Waals surface area (Å²) in [5.41, 5.74) is 3.46. The van der Waals surface area contributed by atoms with Crippen LogP contribution in [-0.4, -0.2) is 21.3 Å². The molecule has 0 saturated carbocycles. The number of nitriles is 1. The van der Waals surface area contributed by atoms with Gasteiger partial charge >= 0.3 is 0 Å². The van der Waals surface area contributed by atoms with Gasteiger partial charge in [-0.1, -0.05) is 46.3 Å². The number of phenolic OH excluding ortho intramolecular Hbond substituents is 1. The van der Waals surface area contributed by atoms with Crippen LogP contribution in [0, 0.1) is 11.3 Å². The summed E-state index contributed by atoms with van der Waals surface area (Å²) in [4.78, 5) is 19.0. The Labute approximate surface area is 184 Å². The van der Waals surface area contributed by atoms with Gasteiger partial charge in [0, 0.05) is 15.6 Å². The number of aromatic hydroxyl groups is 1. The van der Waals surface area contributed by atoms with E-state index in [4.69, 9.17) is 0 Å². The molecule has 3 aromatic rings. The van der Waals surface area contributed by atoms with Crippen LogP contribution in [0.1, 0.15) is 11.1 Å². The standard InChI is InChI=1S/C18H10Br3N5O2/c19-12-6-13(20)16(27)14(21)11(12)8-23-26-18-24-15(9-4-2-1-3-5-9)10(7-22)17(28)25-18/h1-6,8,27H,(H2,24,25,26,28). The maximum Gasteiger partial charge on any atom is 0.270 e. The van der Waals surface area contributed by atoms with E-state index in [-0.39, 0.29) is 23.0 Å². The molecule has 0 fully saturated rings. The highest BCUT2D eigenvalue weighted by Crippen LogP contribution is 2.38. The summed E-state index contributed by atoms with van der Waals surface area (Å²) < 4.78 is 1.63. The van der Waals surface area contributed by atoms with E-state index in [1.54, 1.807) is 30.3 Å². The average molecular weight is 568 g/mol. The van der Waals surface area contributed by atoms with E-state index in [1.807, 2.05) is 12.1 Å². The number of aromatic nitrogens is 2. The first-order chi connectivity index (χ1) is 13.4. The maximum atomic E-state index is 12.2. The van der Waals surface area contributed by atoms with Gasteiger partial charge in [0.2, 0.25) is 5.95 Å². The average Bonchev–Trinajstić information content (AvgIpc) is 2.69. The highest BCUT2D eigenvalue weighted by Gasteiger charge is 2.14. The summed E-state index contributed by atoms with van der Waals surface area (Å²) >= 11 is 9.94. The van der Waals surface area contributed by atoms with E-state index in [2.05, 4.69) is 68.3 Å². The molecule has 1 aromatic heterocycles. The molecule has 0 amide bonds. The summed E-state index contributed by atoms with van der Waals surface area (Å²) in [7, 11) is 0. The number of benzene rings is 2. The molecule has 0 saturated heterocycles. The molecule has 0 spiro atoms. The third-order valence-electron chi connectivity index (χ3n) is 3.62. The normalized spacial score (nSPS) is 10.8. The molecule has 10 heteroatoms. The third kappa shape index (κ3) is 4.16. The van der Waals surface area contributed by atoms with Gasteiger partial charge in [-0.3, -0.25) is 9.78 Å². The molecule has 7 nitrogen and oxygen atoms in total. The summed E-state index contributed by atoms with van der Waals surface area (Å²) in [5, 5.41) is 23.3. The van der Waals surface area contributed by atoms with Crippen LogP contribution in [0.5, 0.6) is 5.75 Å². The minimum atomic E-state index is -0.572. The van der Waals surface area contributed by atoms with Gasteiger partial charge in [-0.25, -0.2) is 10.4 Å². The number of rotatable bonds is 4. The third-order valence-corrected chi connectivity index (χ3v) is 5.69. The molecule has 140 valence electrons. The topological polar surface area (TPSA) is 114 Å². The molecule has 0 aliphatic carbocycles. The number of hydrogen-bond acceptors (Lipinski definition) is 6. The van der Waals surface area contributed by atoms with Gasteiger partial charge < -0.3 is 5.11 Å². The molecule has 0 unspecified atom stereocenters. The lowest BCUT2D eigenvalue weighted by Crippen LogP contribution is -2.16. The first-order valence-electron chi connectivity index (χ1n) is 7.67. The van der Waals surface area contributed by atoms with Crippen molar-refractivity contribution in [1.82, 2.24) is 9.97 Å². The van der Waals surface area contributed by atoms with Gasteiger partial charge in [0.15, 0.2) is 0 Å². The molecule has 3 rings (SSSR count). The lowest BCUT2D eigenvalue weighted by atomic mass is 10.1. The Bertz CT molecular complexity index is 1170. The SMILES string of the molecule is N#Cc1c(-c2ccccc2)nc(NN=Cc2c(Br)cc(Br)c(O)c2Br)[nH]c1=O. The molecule has 3 N–H and O–H groups in total. The second kappa shape index (κ2) is 8.68. The van der Waals surface area contributed by atoms with Crippen LogP contribution in [0.2, 0.25) is 0 Å². The van der Waals surface area contributed by atoms with Crippen molar-refractivity contribution in [3.05, 3.63) is 71.3 Å². The minimum absolute atomic E-state index is 0.0286. The van der Waals surface area contributed by atoms with Crippen LogP contribution in [0.15, 0.2) is 59.7 Å². The van der Waals surface area contributed by atoms with E-state index >= 15 is 0 Å². The summed E-state index contributed by atoms with van der Waals surface area (Å²) in [6.07, 6.45) is 1.45. The predicted octanol–water partition coefficient (Wildman–Crippen LogP) is 4.75. The monoisotopic (exact) mass is 565 g/mol. The number of hydrazone groups is 1. The first kappa shape index (κ1) is 20.3. The van der Waals surface area contributed by atoms with Crippen LogP contribution < -0.4 is 11.0 Å². The molecule has 1 heterocycles. The van der Waals surface area contributed by atoms with Crippen molar-refractivity contribution in [1.29, 1.82) is 5.26 Å². The highest BCUT2D eigenvalue weighted by atomic mass is 79.9. The fourth-order valence-electron chi connectivity index (χ4n) is 2.31. The quantitative estimate of drug-likeness (QED) is 0.311. The van der Waals surface area contributed by atoms with Crippen molar-refractivity contribution < 1.29 is 5.11 Å². The van der Waals surface area contributed by atoms with E-state index < -0.39 is 5.56 Å². The smallest absolute Gasteiger partial charge is 0.270 e. The summed E-state index contributed by atoms with van der Waals surface area (Å²) in [5.74, 6) is 0.105. The van der Waals surface area contributed by atoms with Gasteiger partial charge in [0.1, 0.15) is 17.4 Å². The highest BCUT2D eigenvalue weighted by molar-refractivity contribution is 9.11. The van der Waals surface area contributed by atoms with Crippen LogP contribution in [-0.2, 0) is 0 Å². The zero-order valence-corrected chi connectivity index (χ0v) is 18.6. The van der Waals surface area contributed by atoms with Gasteiger partial charge in [-0.15, -0.1) is 0 Å². The second-order valence-electron chi connectivity index (χ2n) is 5.40. The minimum Gasteiger partial charge on any atom is -0.506 e. The molecule has 2 aromatic carbocycles. The number of hydrogen-bond donors (Lipinski definition) is 3. The molecular weight excluding hydrogens is 558 g/mol. The lowest BCUT2D eigenvalue weighted by molar-refractivity contribution is 0.468. The largest absolute Gasteiger partial charge is 0.506 e. The van der Waals surface area contributed by atoms with Gasteiger partial charge in [0.25, 0.3) is 5.56 Å². The van der Waals surface area contributed by atoms with Gasteiger partial charge in [-0.05, 0) is 37.9 Å². The van der Waals surface area contributed by atoms with Crippen molar-refractivity contribution in [2.24, 2.45) is 5.10 Å². The molecule has 0 aliphatic heterocycles. The van der Waals surface area contributed by atoms with E-state index in [9.17, 15) is 15.2 Å². The molecule has 0 radical (unpaired) electrons. The Morgan fingerprint density at radius 3 is 2.61 bits per heavy atom. The Kier molecular flexibility index (Phi) is 6.28. The summed E-state index contributed by atoms with van der Waals surface area (Å²) in [6.45, 7) is 0. The zero-order valence-electron chi connectivity index (χ0n) is 13.9. The van der Waals surface area contributed by atoms with Crippen molar-refractivity contribution in [2.75, 3.05) is 5.43 Å². The van der Waals surface area contributed by atoms with Crippen LogP contribution in [0.3, 0.4) is 0 Å². The fraction of sp³-hybridized carbons (Fsp3) is 0. The number of anilines is 1. The number of phenols is 1.